The van der Waals surface area contributed by atoms with E-state index in [-0.39, 0.29) is 34.7 Å². The average Bonchev–Trinajstić information content (AvgIpc) is 3.16. The van der Waals surface area contributed by atoms with Gasteiger partial charge in [-0.3, -0.25) is 14.9 Å². The van der Waals surface area contributed by atoms with Gasteiger partial charge in [0.05, 0.1) is 12.5 Å². The highest BCUT2D eigenvalue weighted by Crippen LogP contribution is 3.11. The molecule has 1 saturated heterocycles. The zero-order valence-corrected chi connectivity index (χ0v) is 19.2. The molecule has 1 unspecified atom stereocenters. The first-order valence-corrected chi connectivity index (χ1v) is 12.9. The van der Waals surface area contributed by atoms with Crippen molar-refractivity contribution >= 4 is 29.7 Å². The standard InChI is InChI=1S/C27H22N2O4S/c1-33-23(31)26-16-19-17(26)21-18(26)20(16)27(19,21)25(22(30)28-24(32)29-25)10-13-11-6-2-4-8-14(11)34-15-9-5-3-7-12(13)15/h2-9,13,16-21H,10H2,1H3,(H2,28,29,30,32). The van der Waals surface area contributed by atoms with Crippen molar-refractivity contribution in [2.45, 2.75) is 27.7 Å². The molecule has 6 aliphatic carbocycles. The number of hydrogen-bond acceptors (Lipinski definition) is 5. The van der Waals surface area contributed by atoms with E-state index in [1.165, 1.54) is 28.0 Å². The Morgan fingerprint density at radius 1 is 0.912 bits per heavy atom. The third kappa shape index (κ3) is 1.41. The summed E-state index contributed by atoms with van der Waals surface area (Å²) in [5, 5.41) is 5.81. The van der Waals surface area contributed by atoms with Crippen LogP contribution >= 0.6 is 11.8 Å². The molecule has 0 radical (unpaired) electrons. The van der Waals surface area contributed by atoms with Gasteiger partial charge in [0.1, 0.15) is 5.54 Å². The van der Waals surface area contributed by atoms with E-state index in [1.807, 2.05) is 0 Å². The molecule has 8 aliphatic rings. The number of rotatable bonds is 4. The van der Waals surface area contributed by atoms with E-state index in [0.717, 1.165) is 0 Å². The molecule has 2 heterocycles. The molecule has 6 nitrogen and oxygen atoms in total. The molecule has 0 aromatic heterocycles. The first-order chi connectivity index (χ1) is 16.5. The minimum absolute atomic E-state index is 0.0213. The maximum absolute atomic E-state index is 13.7. The molecule has 34 heavy (non-hydrogen) atoms. The van der Waals surface area contributed by atoms with Gasteiger partial charge in [-0.15, -0.1) is 0 Å². The molecule has 170 valence electrons. The van der Waals surface area contributed by atoms with Crippen molar-refractivity contribution in [2.24, 2.45) is 46.3 Å². The predicted octanol–water partition coefficient (Wildman–Crippen LogP) is 3.16. The molecule has 1 atom stereocenters. The lowest BCUT2D eigenvalue weighted by Gasteiger charge is -3.11. The molecule has 2 N–H and O–H groups in total. The molecule has 7 heteroatoms. The van der Waals surface area contributed by atoms with E-state index in [4.69, 9.17) is 4.74 Å². The van der Waals surface area contributed by atoms with Crippen LogP contribution in [-0.2, 0) is 14.3 Å². The van der Waals surface area contributed by atoms with E-state index in [9.17, 15) is 14.4 Å². The molecular weight excluding hydrogens is 448 g/mol. The van der Waals surface area contributed by atoms with Crippen LogP contribution in [0, 0.1) is 46.3 Å². The molecular formula is C27H22N2O4S. The maximum Gasteiger partial charge on any atom is 0.322 e. The van der Waals surface area contributed by atoms with Crippen LogP contribution in [0.5, 0.6) is 0 Å². The molecule has 7 fully saturated rings. The van der Waals surface area contributed by atoms with Crippen molar-refractivity contribution < 1.29 is 19.1 Å². The Morgan fingerprint density at radius 3 is 1.97 bits per heavy atom. The maximum atomic E-state index is 13.7. The van der Waals surface area contributed by atoms with E-state index >= 15 is 0 Å². The van der Waals surface area contributed by atoms with Crippen molar-refractivity contribution in [3.8, 4) is 0 Å². The number of methoxy groups -OCH3 is 1. The summed E-state index contributed by atoms with van der Waals surface area (Å²) in [6.07, 6.45) is 0.556. The Labute approximate surface area is 200 Å². The largest absolute Gasteiger partial charge is 0.469 e. The van der Waals surface area contributed by atoms with Crippen LogP contribution in [0.15, 0.2) is 58.3 Å². The molecule has 10 rings (SSSR count). The second-order valence-electron chi connectivity index (χ2n) is 11.3. The normalized spacial score (nSPS) is 46.7. The topological polar surface area (TPSA) is 84.5 Å². The smallest absolute Gasteiger partial charge is 0.322 e. The van der Waals surface area contributed by atoms with Gasteiger partial charge in [0, 0.05) is 21.1 Å². The minimum atomic E-state index is -0.927. The number of nitrogens with one attached hydrogen (secondary N) is 2. The summed E-state index contributed by atoms with van der Waals surface area (Å²) in [6, 6.07) is 16.5. The Kier molecular flexibility index (Phi) is 2.85. The van der Waals surface area contributed by atoms with Crippen LogP contribution in [0.4, 0.5) is 4.79 Å². The van der Waals surface area contributed by atoms with Crippen LogP contribution in [0.2, 0.25) is 0 Å². The lowest BCUT2D eigenvalue weighted by molar-refractivity contribution is -0.652. The summed E-state index contributed by atoms with van der Waals surface area (Å²) in [5.74, 6) is 1.85. The lowest BCUT2D eigenvalue weighted by Crippen LogP contribution is -3.14. The van der Waals surface area contributed by atoms with E-state index in [2.05, 4.69) is 59.2 Å². The van der Waals surface area contributed by atoms with Gasteiger partial charge in [-0.05, 0) is 65.2 Å². The van der Waals surface area contributed by atoms with Gasteiger partial charge in [0.2, 0.25) is 0 Å². The van der Waals surface area contributed by atoms with E-state index in [0.29, 0.717) is 41.9 Å². The van der Waals surface area contributed by atoms with Gasteiger partial charge in [-0.1, -0.05) is 48.2 Å². The van der Waals surface area contributed by atoms with Gasteiger partial charge in [0.25, 0.3) is 5.91 Å². The number of esters is 1. The fourth-order valence-electron chi connectivity index (χ4n) is 10.6. The predicted molar refractivity (Wildman–Crippen MR) is 121 cm³/mol. The second-order valence-corrected chi connectivity index (χ2v) is 12.3. The summed E-state index contributed by atoms with van der Waals surface area (Å²) >= 11 is 1.77. The third-order valence-corrected chi connectivity index (χ3v) is 12.4. The molecule has 0 bridgehead atoms. The van der Waals surface area contributed by atoms with Gasteiger partial charge in [-0.25, -0.2) is 4.79 Å². The Bertz CT molecular complexity index is 1300. The molecule has 3 amide bonds. The van der Waals surface area contributed by atoms with Crippen LogP contribution in [0.25, 0.3) is 0 Å². The number of ether oxygens (including phenoxy) is 1. The number of fused-ring (bicyclic) bond motifs is 2. The highest BCUT2D eigenvalue weighted by molar-refractivity contribution is 7.99. The van der Waals surface area contributed by atoms with Crippen LogP contribution < -0.4 is 10.6 Å². The number of amides is 3. The van der Waals surface area contributed by atoms with Crippen molar-refractivity contribution in [3.63, 3.8) is 0 Å². The first-order valence-electron chi connectivity index (χ1n) is 12.1. The van der Waals surface area contributed by atoms with Gasteiger partial charge < -0.3 is 10.1 Å². The Hall–Kier alpha value is -2.80. The van der Waals surface area contributed by atoms with E-state index < -0.39 is 5.54 Å². The monoisotopic (exact) mass is 470 g/mol. The van der Waals surface area contributed by atoms with Crippen molar-refractivity contribution in [1.82, 2.24) is 10.6 Å². The first kappa shape index (κ1) is 18.5. The zero-order chi connectivity index (χ0) is 22.8. The second kappa shape index (κ2) is 5.23. The summed E-state index contributed by atoms with van der Waals surface area (Å²) in [5.41, 5.74) is 1.05. The fourth-order valence-corrected chi connectivity index (χ4v) is 11.8. The van der Waals surface area contributed by atoms with Crippen molar-refractivity contribution in [2.75, 3.05) is 7.11 Å². The Morgan fingerprint density at radius 2 is 1.47 bits per heavy atom. The minimum Gasteiger partial charge on any atom is -0.469 e. The van der Waals surface area contributed by atoms with Crippen LogP contribution in [-0.4, -0.2) is 30.6 Å². The van der Waals surface area contributed by atoms with E-state index in [1.54, 1.807) is 11.8 Å². The number of carbonyl (C=O) groups is 3. The molecule has 6 saturated carbocycles. The number of imide groups is 1. The average molecular weight is 471 g/mol. The summed E-state index contributed by atoms with van der Waals surface area (Å²) < 4.78 is 5.19. The number of hydrogen-bond donors (Lipinski definition) is 2. The summed E-state index contributed by atoms with van der Waals surface area (Å²) in [4.78, 5) is 41.4. The molecule has 0 spiro atoms. The van der Waals surface area contributed by atoms with Crippen LogP contribution in [0.3, 0.4) is 0 Å². The molecule has 2 aromatic rings. The molecule has 2 aromatic carbocycles. The summed E-state index contributed by atoms with van der Waals surface area (Å²) in [6.45, 7) is 0. The quantitative estimate of drug-likeness (QED) is 0.530. The van der Waals surface area contributed by atoms with Crippen molar-refractivity contribution in [3.05, 3.63) is 59.7 Å². The zero-order valence-electron chi connectivity index (χ0n) is 18.4. The highest BCUT2D eigenvalue weighted by atomic mass is 32.2. The number of urea groups is 1. The number of carbonyl (C=O) groups excluding carboxylic acids is 3. The summed E-state index contributed by atoms with van der Waals surface area (Å²) in [7, 11) is 1.49. The third-order valence-electron chi connectivity index (χ3n) is 11.2. The highest BCUT2D eigenvalue weighted by Gasteiger charge is 3.14. The van der Waals surface area contributed by atoms with Gasteiger partial charge in [0.15, 0.2) is 0 Å². The SMILES string of the molecule is COC(=O)C12C3C4C1C1C2C3C41C1(CC2c3ccccc3Sc3ccccc32)NC(=O)NC1=O. The van der Waals surface area contributed by atoms with Gasteiger partial charge >= 0.3 is 12.0 Å². The van der Waals surface area contributed by atoms with Crippen molar-refractivity contribution in [1.29, 1.82) is 0 Å². The lowest BCUT2D eigenvalue weighted by atomic mass is 8.90. The molecule has 2 aliphatic heterocycles. The Balaban J connectivity index is 1.17. The van der Waals surface area contributed by atoms with Crippen LogP contribution in [0.1, 0.15) is 23.5 Å². The fraction of sp³-hybridized carbons (Fsp3) is 0.444. The van der Waals surface area contributed by atoms with Gasteiger partial charge in [-0.2, -0.15) is 0 Å². The number of benzene rings is 2.